The minimum absolute atomic E-state index is 0.312. The normalized spacial score (nSPS) is 9.73. The fraction of sp³-hybridized carbons (Fsp3) is 0.364. The number of hydrogen-bond donors (Lipinski definition) is 2. The van der Waals surface area contributed by atoms with Crippen LogP contribution in [0.4, 0.5) is 5.69 Å². The smallest absolute Gasteiger partial charge is 0.182 e. The van der Waals surface area contributed by atoms with Gasteiger partial charge in [-0.15, -0.1) is 0 Å². The summed E-state index contributed by atoms with van der Waals surface area (Å²) in [6.45, 7) is 3.11. The molecule has 3 nitrogen and oxygen atoms in total. The fourth-order valence-electron chi connectivity index (χ4n) is 1.17. The molecule has 0 amide bonds. The summed E-state index contributed by atoms with van der Waals surface area (Å²) in [4.78, 5) is 0. The molecule has 0 aliphatic heterocycles. The van der Waals surface area contributed by atoms with Crippen LogP contribution in [0.1, 0.15) is 13.3 Å². The van der Waals surface area contributed by atoms with Crippen molar-refractivity contribution in [2.45, 2.75) is 13.3 Å². The molecule has 0 heterocycles. The van der Waals surface area contributed by atoms with Crippen LogP contribution in [0.3, 0.4) is 0 Å². The molecule has 0 spiro atoms. The van der Waals surface area contributed by atoms with Crippen molar-refractivity contribution in [1.29, 1.82) is 5.41 Å². The van der Waals surface area contributed by atoms with Crippen molar-refractivity contribution in [3.05, 3.63) is 29.3 Å². The lowest BCUT2D eigenvalue weighted by Crippen LogP contribution is -2.10. The van der Waals surface area contributed by atoms with Crippen LogP contribution in [0.5, 0.6) is 0 Å². The average molecular weight is 227 g/mol. The Labute approximate surface area is 94.9 Å². The van der Waals surface area contributed by atoms with Crippen LogP contribution < -0.4 is 5.32 Å². The van der Waals surface area contributed by atoms with Crippen molar-refractivity contribution in [1.82, 2.24) is 0 Å². The molecule has 0 radical (unpaired) electrons. The zero-order valence-corrected chi connectivity index (χ0v) is 9.47. The quantitative estimate of drug-likeness (QED) is 0.599. The lowest BCUT2D eigenvalue weighted by atomic mass is 10.3. The van der Waals surface area contributed by atoms with Crippen LogP contribution in [0.2, 0.25) is 5.02 Å². The highest BCUT2D eigenvalue weighted by molar-refractivity contribution is 6.30. The van der Waals surface area contributed by atoms with Gasteiger partial charge in [-0.1, -0.05) is 17.7 Å². The lowest BCUT2D eigenvalue weighted by molar-refractivity contribution is 0.315. The van der Waals surface area contributed by atoms with Gasteiger partial charge in [0.1, 0.15) is 0 Å². The first kappa shape index (κ1) is 11.9. The molecule has 2 N–H and O–H groups in total. The SMILES string of the molecule is CCOC(=N)CCNc1cccc(Cl)c1. The summed E-state index contributed by atoms with van der Waals surface area (Å²) in [5, 5.41) is 11.3. The van der Waals surface area contributed by atoms with E-state index in [1.54, 1.807) is 0 Å². The van der Waals surface area contributed by atoms with Gasteiger partial charge >= 0.3 is 0 Å². The van der Waals surface area contributed by atoms with Crippen molar-refractivity contribution in [3.8, 4) is 0 Å². The third kappa shape index (κ3) is 4.70. The number of nitrogens with one attached hydrogen (secondary N) is 2. The van der Waals surface area contributed by atoms with Crippen LogP contribution in [-0.2, 0) is 4.74 Å². The van der Waals surface area contributed by atoms with E-state index in [9.17, 15) is 0 Å². The first-order chi connectivity index (χ1) is 7.22. The fourth-order valence-corrected chi connectivity index (χ4v) is 1.36. The number of halogens is 1. The molecule has 1 rings (SSSR count). The third-order valence-corrected chi connectivity index (χ3v) is 2.06. The van der Waals surface area contributed by atoms with Gasteiger partial charge in [-0.3, -0.25) is 5.41 Å². The maximum Gasteiger partial charge on any atom is 0.182 e. The lowest BCUT2D eigenvalue weighted by Gasteiger charge is -2.07. The minimum atomic E-state index is 0.312. The van der Waals surface area contributed by atoms with E-state index in [0.717, 1.165) is 5.69 Å². The third-order valence-electron chi connectivity index (χ3n) is 1.82. The van der Waals surface area contributed by atoms with Gasteiger partial charge < -0.3 is 10.1 Å². The average Bonchev–Trinajstić information content (AvgIpc) is 2.18. The molecule has 0 saturated heterocycles. The highest BCUT2D eigenvalue weighted by Crippen LogP contribution is 2.14. The summed E-state index contributed by atoms with van der Waals surface area (Å²) in [5.41, 5.74) is 0.965. The summed E-state index contributed by atoms with van der Waals surface area (Å²) in [6.07, 6.45) is 0.584. The Bertz CT molecular complexity index is 328. The van der Waals surface area contributed by atoms with Crippen molar-refractivity contribution in [2.24, 2.45) is 0 Å². The van der Waals surface area contributed by atoms with Crippen LogP contribution in [0.25, 0.3) is 0 Å². The molecule has 1 aromatic carbocycles. The largest absolute Gasteiger partial charge is 0.481 e. The summed E-state index contributed by atoms with van der Waals surface area (Å²) < 4.78 is 5.02. The second-order valence-corrected chi connectivity index (χ2v) is 3.48. The van der Waals surface area contributed by atoms with E-state index in [1.807, 2.05) is 31.2 Å². The molecule has 0 aliphatic carbocycles. The van der Waals surface area contributed by atoms with E-state index in [-0.39, 0.29) is 0 Å². The van der Waals surface area contributed by atoms with Crippen LogP contribution in [0.15, 0.2) is 24.3 Å². The van der Waals surface area contributed by atoms with Crippen LogP contribution in [-0.4, -0.2) is 19.0 Å². The van der Waals surface area contributed by atoms with Gasteiger partial charge in [0.25, 0.3) is 0 Å². The van der Waals surface area contributed by atoms with Gasteiger partial charge in [0.15, 0.2) is 5.90 Å². The van der Waals surface area contributed by atoms with E-state index in [4.69, 9.17) is 21.7 Å². The Morgan fingerprint density at radius 2 is 2.33 bits per heavy atom. The van der Waals surface area contributed by atoms with E-state index < -0.39 is 0 Å². The summed E-state index contributed by atoms with van der Waals surface area (Å²) in [7, 11) is 0. The van der Waals surface area contributed by atoms with Crippen LogP contribution >= 0.6 is 11.6 Å². The predicted molar refractivity (Wildman–Crippen MR) is 63.9 cm³/mol. The highest BCUT2D eigenvalue weighted by Gasteiger charge is 1.97. The summed E-state index contributed by atoms with van der Waals surface area (Å²) in [5.74, 6) is 0.312. The van der Waals surface area contributed by atoms with Gasteiger partial charge in [0.05, 0.1) is 6.61 Å². The summed E-state index contributed by atoms with van der Waals surface area (Å²) in [6, 6.07) is 7.51. The Morgan fingerprint density at radius 3 is 3.00 bits per heavy atom. The van der Waals surface area contributed by atoms with Gasteiger partial charge in [-0.2, -0.15) is 0 Å². The number of hydrogen-bond acceptors (Lipinski definition) is 3. The first-order valence-corrected chi connectivity index (χ1v) is 5.30. The number of ether oxygens (including phenoxy) is 1. The minimum Gasteiger partial charge on any atom is -0.481 e. The van der Waals surface area contributed by atoms with E-state index >= 15 is 0 Å². The number of benzene rings is 1. The number of anilines is 1. The van der Waals surface area contributed by atoms with Gasteiger partial charge in [0, 0.05) is 23.7 Å². The molecular formula is C11H15ClN2O. The molecule has 0 atom stereocenters. The summed E-state index contributed by atoms with van der Waals surface area (Å²) >= 11 is 5.83. The topological polar surface area (TPSA) is 45.1 Å². The van der Waals surface area contributed by atoms with E-state index in [2.05, 4.69) is 5.32 Å². The Balaban J connectivity index is 2.28. The van der Waals surface area contributed by atoms with Crippen molar-refractivity contribution in [3.63, 3.8) is 0 Å². The zero-order chi connectivity index (χ0) is 11.1. The Kier molecular flexibility index (Phi) is 4.98. The molecule has 0 fully saturated rings. The molecule has 0 saturated carbocycles. The molecule has 0 aliphatic rings. The maximum absolute atomic E-state index is 7.41. The van der Waals surface area contributed by atoms with Crippen molar-refractivity contribution < 1.29 is 4.74 Å². The predicted octanol–water partition coefficient (Wildman–Crippen LogP) is 3.16. The molecule has 1 aromatic rings. The molecular weight excluding hydrogens is 212 g/mol. The molecule has 4 heteroatoms. The molecule has 82 valence electrons. The first-order valence-electron chi connectivity index (χ1n) is 4.92. The zero-order valence-electron chi connectivity index (χ0n) is 8.72. The van der Waals surface area contributed by atoms with Crippen molar-refractivity contribution in [2.75, 3.05) is 18.5 Å². The second kappa shape index (κ2) is 6.30. The highest BCUT2D eigenvalue weighted by atomic mass is 35.5. The van der Waals surface area contributed by atoms with Gasteiger partial charge in [-0.05, 0) is 25.1 Å². The molecule has 15 heavy (non-hydrogen) atoms. The van der Waals surface area contributed by atoms with E-state index in [1.165, 1.54) is 0 Å². The second-order valence-electron chi connectivity index (χ2n) is 3.04. The molecule has 0 aromatic heterocycles. The molecule has 0 unspecified atom stereocenters. The number of rotatable bonds is 5. The maximum atomic E-state index is 7.41. The van der Waals surface area contributed by atoms with Crippen LogP contribution in [0, 0.1) is 5.41 Å². The Morgan fingerprint density at radius 1 is 1.53 bits per heavy atom. The standard InChI is InChI=1S/C11H15ClN2O/c1-2-15-11(13)6-7-14-10-5-3-4-9(12)8-10/h3-5,8,13-14H,2,6-7H2,1H3. The molecule has 0 bridgehead atoms. The van der Waals surface area contributed by atoms with Gasteiger partial charge in [0.2, 0.25) is 0 Å². The van der Waals surface area contributed by atoms with Crippen molar-refractivity contribution >= 4 is 23.2 Å². The monoisotopic (exact) mass is 226 g/mol. The Hall–Kier alpha value is -1.22. The van der Waals surface area contributed by atoms with Gasteiger partial charge in [-0.25, -0.2) is 0 Å². The van der Waals surface area contributed by atoms with E-state index in [0.29, 0.717) is 30.5 Å².